The lowest BCUT2D eigenvalue weighted by Gasteiger charge is -2.07. The van der Waals surface area contributed by atoms with Gasteiger partial charge < -0.3 is 5.11 Å². The van der Waals surface area contributed by atoms with Gasteiger partial charge in [0.15, 0.2) is 0 Å². The van der Waals surface area contributed by atoms with Gasteiger partial charge in [-0.3, -0.25) is 0 Å². The third-order valence-electron chi connectivity index (χ3n) is 3.12. The third kappa shape index (κ3) is 2.80. The summed E-state index contributed by atoms with van der Waals surface area (Å²) in [4.78, 5) is 0. The van der Waals surface area contributed by atoms with Gasteiger partial charge in [-0.1, -0.05) is 58.0 Å². The standard InChI is InChI=1S/C16H22N2O/c1-11(2)10-18-16(19)14(12(3)4)15(17-18)13-8-6-5-7-9-13/h5-9,11-12,19H,10H2,1-4H3. The van der Waals surface area contributed by atoms with E-state index in [0.29, 0.717) is 11.8 Å². The van der Waals surface area contributed by atoms with Crippen molar-refractivity contribution in [3.05, 3.63) is 35.9 Å². The number of hydrogen-bond acceptors (Lipinski definition) is 2. The normalized spacial score (nSPS) is 11.5. The van der Waals surface area contributed by atoms with Crippen molar-refractivity contribution < 1.29 is 5.11 Å². The average molecular weight is 258 g/mol. The van der Waals surface area contributed by atoms with Gasteiger partial charge in [-0.15, -0.1) is 0 Å². The summed E-state index contributed by atoms with van der Waals surface area (Å²) < 4.78 is 1.72. The lowest BCUT2D eigenvalue weighted by Crippen LogP contribution is -2.05. The van der Waals surface area contributed by atoms with Gasteiger partial charge in [-0.2, -0.15) is 5.10 Å². The molecule has 2 aromatic rings. The zero-order valence-electron chi connectivity index (χ0n) is 12.1. The Balaban J connectivity index is 2.54. The molecule has 1 heterocycles. The highest BCUT2D eigenvalue weighted by atomic mass is 16.3. The zero-order chi connectivity index (χ0) is 14.0. The van der Waals surface area contributed by atoms with E-state index in [-0.39, 0.29) is 5.92 Å². The number of nitrogens with zero attached hydrogens (tertiary/aromatic N) is 2. The monoisotopic (exact) mass is 258 g/mol. The molecule has 0 radical (unpaired) electrons. The molecule has 0 aliphatic rings. The molecule has 0 atom stereocenters. The van der Waals surface area contributed by atoms with Crippen LogP contribution >= 0.6 is 0 Å². The summed E-state index contributed by atoms with van der Waals surface area (Å²) in [6, 6.07) is 10.1. The molecule has 102 valence electrons. The predicted octanol–water partition coefficient (Wildman–Crippen LogP) is 4.04. The molecule has 0 unspecified atom stereocenters. The van der Waals surface area contributed by atoms with Crippen LogP contribution in [0.2, 0.25) is 0 Å². The summed E-state index contributed by atoms with van der Waals surface area (Å²) in [7, 11) is 0. The molecule has 1 aromatic heterocycles. The number of hydrogen-bond donors (Lipinski definition) is 1. The maximum atomic E-state index is 10.4. The van der Waals surface area contributed by atoms with Gasteiger partial charge in [-0.25, -0.2) is 4.68 Å². The first-order valence-corrected chi connectivity index (χ1v) is 6.85. The summed E-state index contributed by atoms with van der Waals surface area (Å²) in [5.41, 5.74) is 2.89. The SMILES string of the molecule is CC(C)Cn1nc(-c2ccccc2)c(C(C)C)c1O. The van der Waals surface area contributed by atoms with Crippen molar-refractivity contribution in [2.45, 2.75) is 40.2 Å². The number of aromatic nitrogens is 2. The Morgan fingerprint density at radius 1 is 1.11 bits per heavy atom. The van der Waals surface area contributed by atoms with E-state index in [1.165, 1.54) is 0 Å². The van der Waals surface area contributed by atoms with Crippen LogP contribution in [0.1, 0.15) is 39.2 Å². The summed E-state index contributed by atoms with van der Waals surface area (Å²) in [5, 5.41) is 15.0. The fraction of sp³-hybridized carbons (Fsp3) is 0.438. The second kappa shape index (κ2) is 5.47. The number of aromatic hydroxyl groups is 1. The average Bonchev–Trinajstić information content (AvgIpc) is 2.67. The van der Waals surface area contributed by atoms with Gasteiger partial charge >= 0.3 is 0 Å². The Kier molecular flexibility index (Phi) is 3.93. The quantitative estimate of drug-likeness (QED) is 0.899. The van der Waals surface area contributed by atoms with E-state index in [9.17, 15) is 5.11 Å². The minimum absolute atomic E-state index is 0.246. The Bertz CT molecular complexity index is 541. The summed E-state index contributed by atoms with van der Waals surface area (Å²) >= 11 is 0. The first-order valence-electron chi connectivity index (χ1n) is 6.85. The van der Waals surface area contributed by atoms with Crippen LogP contribution < -0.4 is 0 Å². The zero-order valence-corrected chi connectivity index (χ0v) is 12.1. The van der Waals surface area contributed by atoms with Crippen molar-refractivity contribution >= 4 is 0 Å². The molecule has 0 saturated heterocycles. The highest BCUT2D eigenvalue weighted by Gasteiger charge is 2.21. The molecule has 0 aliphatic heterocycles. The van der Waals surface area contributed by atoms with Gasteiger partial charge in [0, 0.05) is 17.7 Å². The molecule has 0 fully saturated rings. The van der Waals surface area contributed by atoms with Crippen molar-refractivity contribution in [3.63, 3.8) is 0 Å². The van der Waals surface area contributed by atoms with E-state index in [0.717, 1.165) is 23.4 Å². The molecule has 0 amide bonds. The van der Waals surface area contributed by atoms with Crippen molar-refractivity contribution in [1.29, 1.82) is 0 Å². The van der Waals surface area contributed by atoms with Gasteiger partial charge in [0.05, 0.1) is 5.69 Å². The van der Waals surface area contributed by atoms with E-state index in [1.807, 2.05) is 30.3 Å². The number of rotatable bonds is 4. The molecule has 0 spiro atoms. The predicted molar refractivity (Wildman–Crippen MR) is 78.3 cm³/mol. The molecular formula is C16H22N2O. The van der Waals surface area contributed by atoms with Crippen LogP contribution in [0.5, 0.6) is 5.88 Å². The Morgan fingerprint density at radius 2 is 1.74 bits per heavy atom. The minimum atomic E-state index is 0.246. The second-order valence-corrected chi connectivity index (χ2v) is 5.68. The molecule has 19 heavy (non-hydrogen) atoms. The van der Waals surface area contributed by atoms with Gasteiger partial charge in [-0.05, 0) is 11.8 Å². The third-order valence-corrected chi connectivity index (χ3v) is 3.12. The Morgan fingerprint density at radius 3 is 2.26 bits per heavy atom. The second-order valence-electron chi connectivity index (χ2n) is 5.68. The summed E-state index contributed by atoms with van der Waals surface area (Å²) in [5.74, 6) is 1.01. The van der Waals surface area contributed by atoms with Crippen LogP contribution in [0.25, 0.3) is 11.3 Å². The van der Waals surface area contributed by atoms with Gasteiger partial charge in [0.1, 0.15) is 0 Å². The fourth-order valence-electron chi connectivity index (χ4n) is 2.28. The molecule has 1 aromatic carbocycles. The minimum Gasteiger partial charge on any atom is -0.493 e. The molecule has 0 aliphatic carbocycles. The fourth-order valence-corrected chi connectivity index (χ4v) is 2.28. The molecule has 3 nitrogen and oxygen atoms in total. The van der Waals surface area contributed by atoms with E-state index in [4.69, 9.17) is 0 Å². The van der Waals surface area contributed by atoms with Crippen LogP contribution in [0.4, 0.5) is 0 Å². The molecule has 3 heteroatoms. The first-order chi connectivity index (χ1) is 9.00. The van der Waals surface area contributed by atoms with E-state index < -0.39 is 0 Å². The highest BCUT2D eigenvalue weighted by molar-refractivity contribution is 5.66. The Hall–Kier alpha value is -1.77. The van der Waals surface area contributed by atoms with Crippen LogP contribution in [0, 0.1) is 5.92 Å². The van der Waals surface area contributed by atoms with Crippen LogP contribution in [-0.2, 0) is 6.54 Å². The van der Waals surface area contributed by atoms with Crippen molar-refractivity contribution in [1.82, 2.24) is 9.78 Å². The molecule has 1 N–H and O–H groups in total. The smallest absolute Gasteiger partial charge is 0.213 e. The van der Waals surface area contributed by atoms with E-state index in [2.05, 4.69) is 32.8 Å². The van der Waals surface area contributed by atoms with Crippen LogP contribution in [0.15, 0.2) is 30.3 Å². The topological polar surface area (TPSA) is 38.0 Å². The maximum absolute atomic E-state index is 10.4. The molecule has 0 saturated carbocycles. The van der Waals surface area contributed by atoms with Gasteiger partial charge in [0.25, 0.3) is 0 Å². The molecule has 0 bridgehead atoms. The maximum Gasteiger partial charge on any atom is 0.213 e. The molecular weight excluding hydrogens is 236 g/mol. The largest absolute Gasteiger partial charge is 0.493 e. The highest BCUT2D eigenvalue weighted by Crippen LogP contribution is 2.35. The van der Waals surface area contributed by atoms with E-state index in [1.54, 1.807) is 4.68 Å². The number of benzene rings is 1. The van der Waals surface area contributed by atoms with E-state index >= 15 is 0 Å². The Labute approximate surface area is 114 Å². The first kappa shape index (κ1) is 13.7. The van der Waals surface area contributed by atoms with Crippen molar-refractivity contribution in [2.24, 2.45) is 5.92 Å². The lowest BCUT2D eigenvalue weighted by molar-refractivity contribution is 0.367. The summed E-state index contributed by atoms with van der Waals surface area (Å²) in [6.45, 7) is 9.15. The summed E-state index contributed by atoms with van der Waals surface area (Å²) in [6.07, 6.45) is 0. The molecule has 2 rings (SSSR count). The van der Waals surface area contributed by atoms with Crippen LogP contribution in [0.3, 0.4) is 0 Å². The lowest BCUT2D eigenvalue weighted by atomic mass is 9.99. The van der Waals surface area contributed by atoms with Crippen molar-refractivity contribution in [3.8, 4) is 17.1 Å². The van der Waals surface area contributed by atoms with Crippen LogP contribution in [-0.4, -0.2) is 14.9 Å². The van der Waals surface area contributed by atoms with Gasteiger partial charge in [0.2, 0.25) is 5.88 Å². The van der Waals surface area contributed by atoms with Crippen molar-refractivity contribution in [2.75, 3.05) is 0 Å².